The van der Waals surface area contributed by atoms with Crippen molar-refractivity contribution in [2.75, 3.05) is 17.1 Å². The summed E-state index contributed by atoms with van der Waals surface area (Å²) in [5.41, 5.74) is 4.55. The third-order valence-electron chi connectivity index (χ3n) is 4.92. The number of carbonyl (C=O) groups excluding carboxylic acids is 1. The number of nitrogens with one attached hydrogen (secondary N) is 1. The van der Waals surface area contributed by atoms with Crippen molar-refractivity contribution in [3.63, 3.8) is 0 Å². The molecule has 1 unspecified atom stereocenters. The van der Waals surface area contributed by atoms with E-state index < -0.39 is 10.0 Å². The molecule has 2 aromatic rings. The molecule has 0 spiro atoms. The summed E-state index contributed by atoms with van der Waals surface area (Å²) in [6, 6.07) is 12.8. The number of anilines is 1. The molecule has 0 fully saturated rings. The highest BCUT2D eigenvalue weighted by Crippen LogP contribution is 2.21. The van der Waals surface area contributed by atoms with Crippen molar-refractivity contribution in [3.05, 3.63) is 64.7 Å². The summed E-state index contributed by atoms with van der Waals surface area (Å²) < 4.78 is 25.2. The molecule has 0 radical (unpaired) electrons. The molecule has 1 N–H and O–H groups in total. The lowest BCUT2D eigenvalue weighted by molar-refractivity contribution is 0.0935. The fourth-order valence-electron chi connectivity index (χ4n) is 2.82. The van der Waals surface area contributed by atoms with E-state index in [1.54, 1.807) is 31.2 Å². The molecule has 2 aromatic carbocycles. The van der Waals surface area contributed by atoms with E-state index in [1.807, 2.05) is 13.0 Å². The van der Waals surface area contributed by atoms with Crippen molar-refractivity contribution in [1.29, 1.82) is 0 Å². The van der Waals surface area contributed by atoms with Gasteiger partial charge in [-0.05, 0) is 68.1 Å². The Balaban J connectivity index is 2.16. The quantitative estimate of drug-likeness (QED) is 0.780. The summed E-state index contributed by atoms with van der Waals surface area (Å²) in [5.74, 6) is -0.146. The predicted molar refractivity (Wildman–Crippen MR) is 111 cm³/mol. The van der Waals surface area contributed by atoms with Gasteiger partial charge in [0.1, 0.15) is 0 Å². The second-order valence-corrected chi connectivity index (χ2v) is 8.98. The van der Waals surface area contributed by atoms with E-state index in [-0.39, 0.29) is 17.7 Å². The molecule has 2 rings (SSSR count). The van der Waals surface area contributed by atoms with Crippen LogP contribution >= 0.6 is 0 Å². The zero-order valence-electron chi connectivity index (χ0n) is 16.6. The van der Waals surface area contributed by atoms with Crippen molar-refractivity contribution >= 4 is 21.6 Å². The van der Waals surface area contributed by atoms with Gasteiger partial charge in [0.15, 0.2) is 0 Å². The number of hydrogen-bond acceptors (Lipinski definition) is 3. The van der Waals surface area contributed by atoms with Crippen LogP contribution in [0.5, 0.6) is 0 Å². The molecule has 1 atom stereocenters. The maximum atomic E-state index is 12.6. The number of rotatable bonds is 7. The molecule has 1 amide bonds. The number of nitrogens with zero attached hydrogens (tertiary/aromatic N) is 1. The summed E-state index contributed by atoms with van der Waals surface area (Å²) in [4.78, 5) is 12.6. The molecule has 0 aromatic heterocycles. The van der Waals surface area contributed by atoms with E-state index in [4.69, 9.17) is 0 Å². The van der Waals surface area contributed by atoms with Gasteiger partial charge >= 0.3 is 0 Å². The van der Waals surface area contributed by atoms with E-state index in [9.17, 15) is 13.2 Å². The normalized spacial score (nSPS) is 12.5. The number of sulfonamides is 1. The Hall–Kier alpha value is -2.34. The van der Waals surface area contributed by atoms with Gasteiger partial charge in [-0.25, -0.2) is 8.42 Å². The zero-order valence-corrected chi connectivity index (χ0v) is 17.4. The number of hydrogen-bond donors (Lipinski definition) is 1. The maximum Gasteiger partial charge on any atom is 0.251 e. The number of amides is 1. The SMILES string of the molecule is CCC(NC(=O)c1ccc(N(C)S(=O)(=O)CC)cc1)c1ccc(C)c(C)c1. The second kappa shape index (κ2) is 8.57. The van der Waals surface area contributed by atoms with Crippen LogP contribution in [0, 0.1) is 13.8 Å². The van der Waals surface area contributed by atoms with E-state index in [0.717, 1.165) is 12.0 Å². The van der Waals surface area contributed by atoms with Crippen molar-refractivity contribution < 1.29 is 13.2 Å². The first-order chi connectivity index (χ1) is 12.7. The first kappa shape index (κ1) is 21.0. The van der Waals surface area contributed by atoms with Crippen LogP contribution in [0.4, 0.5) is 5.69 Å². The van der Waals surface area contributed by atoms with Gasteiger partial charge in [0.2, 0.25) is 10.0 Å². The highest BCUT2D eigenvalue weighted by atomic mass is 32.2. The largest absolute Gasteiger partial charge is 0.345 e. The Kier molecular flexibility index (Phi) is 6.65. The molecule has 6 heteroatoms. The van der Waals surface area contributed by atoms with Crippen molar-refractivity contribution in [2.45, 2.75) is 40.2 Å². The first-order valence-electron chi connectivity index (χ1n) is 9.14. The molecular weight excluding hydrogens is 360 g/mol. The Morgan fingerprint density at radius 3 is 2.19 bits per heavy atom. The third-order valence-corrected chi connectivity index (χ3v) is 6.70. The van der Waals surface area contributed by atoms with Crippen LogP contribution < -0.4 is 9.62 Å². The molecule has 146 valence electrons. The van der Waals surface area contributed by atoms with Crippen molar-refractivity contribution in [1.82, 2.24) is 5.32 Å². The monoisotopic (exact) mass is 388 g/mol. The van der Waals surface area contributed by atoms with Gasteiger partial charge in [0.05, 0.1) is 17.5 Å². The Labute approximate surface area is 162 Å². The molecular formula is C21H28N2O3S. The third kappa shape index (κ3) is 4.89. The number of aryl methyl sites for hydroxylation is 2. The molecule has 0 saturated heterocycles. The van der Waals surface area contributed by atoms with Gasteiger partial charge < -0.3 is 5.32 Å². The average Bonchev–Trinajstić information content (AvgIpc) is 2.67. The molecule has 0 heterocycles. The van der Waals surface area contributed by atoms with Gasteiger partial charge in [-0.15, -0.1) is 0 Å². The summed E-state index contributed by atoms with van der Waals surface area (Å²) in [7, 11) is -1.80. The average molecular weight is 389 g/mol. The fourth-order valence-corrected chi connectivity index (χ4v) is 3.65. The van der Waals surface area contributed by atoms with Gasteiger partial charge in [-0.3, -0.25) is 9.10 Å². The van der Waals surface area contributed by atoms with Gasteiger partial charge in [0.25, 0.3) is 5.91 Å². The lowest BCUT2D eigenvalue weighted by atomic mass is 9.99. The molecule has 0 aliphatic heterocycles. The van der Waals surface area contributed by atoms with Crippen LogP contribution in [-0.2, 0) is 10.0 Å². The minimum atomic E-state index is -3.32. The van der Waals surface area contributed by atoms with Gasteiger partial charge in [-0.2, -0.15) is 0 Å². The standard InChI is InChI=1S/C21H28N2O3S/c1-6-20(18-9-8-15(3)16(4)14-18)22-21(24)17-10-12-19(13-11-17)23(5)27(25,26)7-2/h8-14,20H,6-7H2,1-5H3,(H,22,24). The summed E-state index contributed by atoms with van der Waals surface area (Å²) in [6.07, 6.45) is 0.782. The molecule has 27 heavy (non-hydrogen) atoms. The highest BCUT2D eigenvalue weighted by Gasteiger charge is 2.18. The lowest BCUT2D eigenvalue weighted by Gasteiger charge is -2.20. The molecule has 0 aliphatic carbocycles. The van der Waals surface area contributed by atoms with Gasteiger partial charge in [0, 0.05) is 12.6 Å². The lowest BCUT2D eigenvalue weighted by Crippen LogP contribution is -2.29. The summed E-state index contributed by atoms with van der Waals surface area (Å²) in [5, 5.41) is 3.07. The van der Waals surface area contributed by atoms with Crippen LogP contribution in [0.3, 0.4) is 0 Å². The minimum absolute atomic E-state index is 0.0277. The molecule has 5 nitrogen and oxygen atoms in total. The summed E-state index contributed by atoms with van der Waals surface area (Å²) >= 11 is 0. The topological polar surface area (TPSA) is 66.5 Å². The minimum Gasteiger partial charge on any atom is -0.345 e. The zero-order chi connectivity index (χ0) is 20.2. The predicted octanol–water partition coefficient (Wildman–Crippen LogP) is 3.97. The number of carbonyl (C=O) groups is 1. The molecule has 0 bridgehead atoms. The van der Waals surface area contributed by atoms with E-state index in [1.165, 1.54) is 22.5 Å². The Morgan fingerprint density at radius 2 is 1.67 bits per heavy atom. The summed E-state index contributed by atoms with van der Waals surface area (Å²) in [6.45, 7) is 7.77. The van der Waals surface area contributed by atoms with E-state index in [0.29, 0.717) is 11.3 Å². The van der Waals surface area contributed by atoms with E-state index in [2.05, 4.69) is 31.3 Å². The Morgan fingerprint density at radius 1 is 1.04 bits per heavy atom. The van der Waals surface area contributed by atoms with E-state index >= 15 is 0 Å². The first-order valence-corrected chi connectivity index (χ1v) is 10.7. The van der Waals surface area contributed by atoms with Crippen LogP contribution in [0.25, 0.3) is 0 Å². The molecule has 0 saturated carbocycles. The molecule has 0 aliphatic rings. The fraction of sp³-hybridized carbons (Fsp3) is 0.381. The smallest absolute Gasteiger partial charge is 0.251 e. The van der Waals surface area contributed by atoms with Crippen LogP contribution in [0.2, 0.25) is 0 Å². The van der Waals surface area contributed by atoms with Crippen molar-refractivity contribution in [2.24, 2.45) is 0 Å². The van der Waals surface area contributed by atoms with Crippen molar-refractivity contribution in [3.8, 4) is 0 Å². The number of benzene rings is 2. The Bertz CT molecular complexity index is 906. The van der Waals surface area contributed by atoms with Crippen LogP contribution in [-0.4, -0.2) is 27.1 Å². The maximum absolute atomic E-state index is 12.6. The van der Waals surface area contributed by atoms with Crippen LogP contribution in [0.15, 0.2) is 42.5 Å². The van der Waals surface area contributed by atoms with Gasteiger partial charge in [-0.1, -0.05) is 25.1 Å². The van der Waals surface area contributed by atoms with Crippen LogP contribution in [0.1, 0.15) is 53.4 Å². The second-order valence-electron chi connectivity index (χ2n) is 6.69. The highest BCUT2D eigenvalue weighted by molar-refractivity contribution is 7.92.